The van der Waals surface area contributed by atoms with Crippen LogP contribution in [0.25, 0.3) is 6.08 Å². The van der Waals surface area contributed by atoms with Gasteiger partial charge < -0.3 is 9.32 Å². The third-order valence-corrected chi connectivity index (χ3v) is 6.79. The summed E-state index contributed by atoms with van der Waals surface area (Å²) in [6.45, 7) is 0. The van der Waals surface area contributed by atoms with E-state index in [0.29, 0.717) is 0 Å². The van der Waals surface area contributed by atoms with Gasteiger partial charge in [-0.25, -0.2) is 4.90 Å². The van der Waals surface area contributed by atoms with E-state index in [9.17, 15) is 24.5 Å². The molecule has 3 aromatic rings. The first-order valence-electron chi connectivity index (χ1n) is 10.7. The van der Waals surface area contributed by atoms with E-state index in [1.165, 1.54) is 36.6 Å². The van der Waals surface area contributed by atoms with Gasteiger partial charge >= 0.3 is 0 Å². The lowest BCUT2D eigenvalue weighted by Gasteiger charge is -2.35. The molecule has 34 heavy (non-hydrogen) atoms. The highest BCUT2D eigenvalue weighted by atomic mass is 16.6. The number of furan rings is 1. The van der Waals surface area contributed by atoms with Gasteiger partial charge in [-0.1, -0.05) is 30.3 Å². The number of fused-ring (bicyclic) bond motifs is 5. The zero-order chi connectivity index (χ0) is 23.6. The summed E-state index contributed by atoms with van der Waals surface area (Å²) in [5.74, 6) is -3.13. The van der Waals surface area contributed by atoms with Crippen LogP contribution in [0.15, 0.2) is 77.5 Å². The van der Waals surface area contributed by atoms with Gasteiger partial charge in [-0.05, 0) is 35.4 Å². The molecule has 9 nitrogen and oxygen atoms in total. The molecule has 0 radical (unpaired) electrons. The molecular weight excluding hydrogens is 438 g/mol. The van der Waals surface area contributed by atoms with Crippen molar-refractivity contribution in [2.75, 3.05) is 4.90 Å². The second-order valence-electron chi connectivity index (χ2n) is 8.46. The number of amides is 2. The number of ketones is 1. The Kier molecular flexibility index (Phi) is 4.28. The molecule has 0 bridgehead atoms. The van der Waals surface area contributed by atoms with Crippen molar-refractivity contribution < 1.29 is 23.7 Å². The van der Waals surface area contributed by atoms with Gasteiger partial charge in [-0.2, -0.15) is 0 Å². The van der Waals surface area contributed by atoms with E-state index in [1.807, 2.05) is 30.3 Å². The Morgan fingerprint density at radius 2 is 1.76 bits per heavy atom. The molecule has 0 saturated carbocycles. The molecule has 0 spiro atoms. The summed E-state index contributed by atoms with van der Waals surface area (Å²) in [5, 5.41) is 11.3. The van der Waals surface area contributed by atoms with Gasteiger partial charge in [0.15, 0.2) is 5.76 Å². The molecule has 9 heteroatoms. The SMILES string of the molecule is O=C(c1ccco1)[C@@H]1[C@@H]2C(=O)N(c3cccc([N+](=O)[O-])c3)C(=O)[C@H]2[C@H]2c3ccccc3C=CN12. The highest BCUT2D eigenvalue weighted by Crippen LogP contribution is 2.53. The topological polar surface area (TPSA) is 114 Å². The number of anilines is 1. The number of benzene rings is 2. The summed E-state index contributed by atoms with van der Waals surface area (Å²) in [4.78, 5) is 54.4. The van der Waals surface area contributed by atoms with E-state index < -0.39 is 46.4 Å². The third kappa shape index (κ3) is 2.70. The van der Waals surface area contributed by atoms with E-state index >= 15 is 0 Å². The van der Waals surface area contributed by atoms with Gasteiger partial charge in [0.2, 0.25) is 17.6 Å². The molecule has 2 saturated heterocycles. The monoisotopic (exact) mass is 455 g/mol. The van der Waals surface area contributed by atoms with Crippen molar-refractivity contribution in [3.8, 4) is 0 Å². The average molecular weight is 455 g/mol. The average Bonchev–Trinajstić information content (AvgIpc) is 3.55. The Hall–Kier alpha value is -4.53. The number of nitro benzene ring substituents is 1. The van der Waals surface area contributed by atoms with Crippen LogP contribution in [0.4, 0.5) is 11.4 Å². The summed E-state index contributed by atoms with van der Waals surface area (Å²) in [5.41, 5.74) is 1.64. The second-order valence-corrected chi connectivity index (χ2v) is 8.46. The standard InChI is InChI=1S/C25H17N3O6/c29-23(18-9-4-12-34-18)22-20-19(21-17-8-2-1-5-14(17)10-11-26(21)22)24(30)27(25(20)31)15-6-3-7-16(13-15)28(32)33/h1-13,19-22H/t19-,20-,21-,22+/m1/s1. The molecule has 2 amide bonds. The Balaban J connectivity index is 1.50. The molecule has 0 unspecified atom stereocenters. The zero-order valence-corrected chi connectivity index (χ0v) is 17.6. The number of non-ortho nitro benzene ring substituents is 1. The van der Waals surface area contributed by atoms with Crippen LogP contribution in [0, 0.1) is 22.0 Å². The molecule has 0 N–H and O–H groups in total. The highest BCUT2D eigenvalue weighted by Gasteiger charge is 2.64. The number of carbonyl (C=O) groups excluding carboxylic acids is 3. The Bertz CT molecular complexity index is 1400. The summed E-state index contributed by atoms with van der Waals surface area (Å²) in [6, 6.07) is 14.6. The van der Waals surface area contributed by atoms with Crippen LogP contribution in [0.3, 0.4) is 0 Å². The van der Waals surface area contributed by atoms with Gasteiger partial charge in [0.05, 0.1) is 34.8 Å². The fourth-order valence-corrected chi connectivity index (χ4v) is 5.42. The van der Waals surface area contributed by atoms with Crippen LogP contribution in [-0.4, -0.2) is 33.5 Å². The lowest BCUT2D eigenvalue weighted by atomic mass is 9.84. The minimum atomic E-state index is -0.967. The number of nitrogens with zero attached hydrogens (tertiary/aromatic N) is 3. The van der Waals surface area contributed by atoms with Crippen LogP contribution in [0.1, 0.15) is 27.7 Å². The van der Waals surface area contributed by atoms with E-state index in [2.05, 4.69) is 0 Å². The minimum absolute atomic E-state index is 0.103. The normalized spacial score (nSPS) is 24.7. The van der Waals surface area contributed by atoms with Crippen molar-refractivity contribution in [1.82, 2.24) is 4.90 Å². The molecule has 3 aliphatic heterocycles. The number of hydrogen-bond acceptors (Lipinski definition) is 7. The lowest BCUT2D eigenvalue weighted by molar-refractivity contribution is -0.384. The number of rotatable bonds is 4. The first-order valence-corrected chi connectivity index (χ1v) is 10.7. The largest absolute Gasteiger partial charge is 0.461 e. The predicted molar refractivity (Wildman–Crippen MR) is 119 cm³/mol. The van der Waals surface area contributed by atoms with E-state index in [1.54, 1.807) is 17.2 Å². The Morgan fingerprint density at radius 3 is 2.53 bits per heavy atom. The Labute approximate surface area is 193 Å². The van der Waals surface area contributed by atoms with Crippen molar-refractivity contribution in [3.05, 3.63) is 100 Å². The van der Waals surface area contributed by atoms with Crippen LogP contribution in [0.5, 0.6) is 0 Å². The maximum atomic E-state index is 13.7. The van der Waals surface area contributed by atoms with Gasteiger partial charge in [0, 0.05) is 18.3 Å². The third-order valence-electron chi connectivity index (χ3n) is 6.79. The smallest absolute Gasteiger partial charge is 0.271 e. The number of imide groups is 1. The molecule has 2 aromatic carbocycles. The summed E-state index contributed by atoms with van der Waals surface area (Å²) in [7, 11) is 0. The first-order chi connectivity index (χ1) is 16.5. The van der Waals surface area contributed by atoms with Gasteiger partial charge in [-0.3, -0.25) is 24.5 Å². The predicted octanol–water partition coefficient (Wildman–Crippen LogP) is 3.59. The van der Waals surface area contributed by atoms with E-state index in [-0.39, 0.29) is 17.1 Å². The van der Waals surface area contributed by atoms with E-state index in [0.717, 1.165) is 16.0 Å². The van der Waals surface area contributed by atoms with Crippen molar-refractivity contribution in [3.63, 3.8) is 0 Å². The number of Topliss-reactive ketones (excluding diaryl/α,β-unsaturated/α-hetero) is 1. The quantitative estimate of drug-likeness (QED) is 0.256. The van der Waals surface area contributed by atoms with Gasteiger partial charge in [0.25, 0.3) is 5.69 Å². The second kappa shape index (κ2) is 7.24. The van der Waals surface area contributed by atoms with Crippen LogP contribution in [0.2, 0.25) is 0 Å². The van der Waals surface area contributed by atoms with Gasteiger partial charge in [0.1, 0.15) is 6.04 Å². The molecule has 3 aliphatic rings. The fourth-order valence-electron chi connectivity index (χ4n) is 5.42. The minimum Gasteiger partial charge on any atom is -0.461 e. The van der Waals surface area contributed by atoms with Crippen LogP contribution in [-0.2, 0) is 9.59 Å². The number of carbonyl (C=O) groups is 3. The maximum absolute atomic E-state index is 13.7. The first kappa shape index (κ1) is 20.1. The molecule has 2 fully saturated rings. The van der Waals surface area contributed by atoms with Crippen molar-refractivity contribution in [2.24, 2.45) is 11.8 Å². The maximum Gasteiger partial charge on any atom is 0.271 e. The van der Waals surface area contributed by atoms with Crippen molar-refractivity contribution in [1.29, 1.82) is 0 Å². The molecule has 168 valence electrons. The fraction of sp³-hybridized carbons (Fsp3) is 0.160. The Morgan fingerprint density at radius 1 is 0.971 bits per heavy atom. The zero-order valence-electron chi connectivity index (χ0n) is 17.6. The summed E-state index contributed by atoms with van der Waals surface area (Å²) >= 11 is 0. The molecule has 1 aromatic heterocycles. The molecule has 6 rings (SSSR count). The number of nitro groups is 1. The number of hydrogen-bond donors (Lipinski definition) is 0. The van der Waals surface area contributed by atoms with E-state index in [4.69, 9.17) is 4.42 Å². The molecule has 4 heterocycles. The summed E-state index contributed by atoms with van der Waals surface area (Å²) < 4.78 is 5.34. The summed E-state index contributed by atoms with van der Waals surface area (Å²) in [6.07, 6.45) is 5.01. The van der Waals surface area contributed by atoms with Crippen molar-refractivity contribution >= 4 is 35.0 Å². The molecule has 4 atom stereocenters. The van der Waals surface area contributed by atoms with Crippen LogP contribution >= 0.6 is 0 Å². The van der Waals surface area contributed by atoms with Gasteiger partial charge in [-0.15, -0.1) is 0 Å². The molecular formula is C25H17N3O6. The van der Waals surface area contributed by atoms with Crippen LogP contribution < -0.4 is 4.90 Å². The lowest BCUT2D eigenvalue weighted by Crippen LogP contribution is -2.44. The highest BCUT2D eigenvalue weighted by molar-refractivity contribution is 6.24. The molecule has 0 aliphatic carbocycles. The van der Waals surface area contributed by atoms with Crippen molar-refractivity contribution in [2.45, 2.75) is 12.1 Å².